The van der Waals surface area contributed by atoms with Crippen molar-refractivity contribution in [3.05, 3.63) is 30.0 Å². The van der Waals surface area contributed by atoms with Crippen LogP contribution in [0.2, 0.25) is 0 Å². The lowest BCUT2D eigenvalue weighted by Crippen LogP contribution is -2.27. The fourth-order valence-corrected chi connectivity index (χ4v) is 2.55. The van der Waals surface area contributed by atoms with Gasteiger partial charge in [0, 0.05) is 29.3 Å². The molecule has 0 radical (unpaired) electrons. The van der Waals surface area contributed by atoms with Crippen molar-refractivity contribution in [2.24, 2.45) is 0 Å². The SMILES string of the molecule is COc1ccc2c(CC(=O)NCCSCC(=O)O)coc2c1. The Kier molecular flexibility index (Phi) is 5.71. The molecule has 0 aliphatic heterocycles. The summed E-state index contributed by atoms with van der Waals surface area (Å²) in [5.74, 6) is 0.352. The molecule has 0 spiro atoms. The molecule has 1 amide bonds. The number of carbonyl (C=O) groups is 2. The topological polar surface area (TPSA) is 88.8 Å². The van der Waals surface area contributed by atoms with E-state index in [4.69, 9.17) is 14.3 Å². The minimum Gasteiger partial charge on any atom is -0.497 e. The van der Waals surface area contributed by atoms with E-state index in [-0.39, 0.29) is 18.1 Å². The highest BCUT2D eigenvalue weighted by Crippen LogP contribution is 2.25. The molecule has 1 aromatic heterocycles. The van der Waals surface area contributed by atoms with E-state index >= 15 is 0 Å². The maximum absolute atomic E-state index is 11.9. The Balaban J connectivity index is 1.85. The standard InChI is InChI=1S/C15H17NO5S/c1-20-11-2-3-12-10(8-21-13(12)7-11)6-14(17)16-4-5-22-9-15(18)19/h2-3,7-8H,4-6,9H2,1H3,(H,16,17)(H,18,19). The fraction of sp³-hybridized carbons (Fsp3) is 0.333. The van der Waals surface area contributed by atoms with Crippen LogP contribution >= 0.6 is 11.8 Å². The number of hydrogen-bond acceptors (Lipinski definition) is 5. The lowest BCUT2D eigenvalue weighted by Gasteiger charge is -2.04. The van der Waals surface area contributed by atoms with Crippen molar-refractivity contribution in [2.75, 3.05) is 25.2 Å². The summed E-state index contributed by atoms with van der Waals surface area (Å²) in [5.41, 5.74) is 1.49. The molecule has 2 rings (SSSR count). The molecule has 0 fully saturated rings. The number of carbonyl (C=O) groups excluding carboxylic acids is 1. The number of furan rings is 1. The highest BCUT2D eigenvalue weighted by atomic mass is 32.2. The lowest BCUT2D eigenvalue weighted by molar-refractivity contribution is -0.133. The van der Waals surface area contributed by atoms with Gasteiger partial charge in [0.2, 0.25) is 5.91 Å². The van der Waals surface area contributed by atoms with E-state index < -0.39 is 5.97 Å². The molecule has 0 unspecified atom stereocenters. The Hall–Kier alpha value is -2.15. The van der Waals surface area contributed by atoms with Gasteiger partial charge in [0.15, 0.2) is 0 Å². The summed E-state index contributed by atoms with van der Waals surface area (Å²) in [5, 5.41) is 12.2. The first-order chi connectivity index (χ1) is 10.6. The number of hydrogen-bond donors (Lipinski definition) is 2. The van der Waals surface area contributed by atoms with Crippen LogP contribution in [0.3, 0.4) is 0 Å². The van der Waals surface area contributed by atoms with Gasteiger partial charge in [-0.3, -0.25) is 9.59 Å². The zero-order chi connectivity index (χ0) is 15.9. The van der Waals surface area contributed by atoms with Crippen LogP contribution in [-0.2, 0) is 16.0 Å². The molecule has 0 saturated carbocycles. The van der Waals surface area contributed by atoms with Crippen molar-refractivity contribution < 1.29 is 23.8 Å². The minimum atomic E-state index is -0.850. The molecular formula is C15H17NO5S. The summed E-state index contributed by atoms with van der Waals surface area (Å²) in [6, 6.07) is 5.46. The number of thioether (sulfide) groups is 1. The monoisotopic (exact) mass is 323 g/mol. The van der Waals surface area contributed by atoms with Crippen molar-refractivity contribution in [3.63, 3.8) is 0 Å². The van der Waals surface area contributed by atoms with Crippen molar-refractivity contribution in [2.45, 2.75) is 6.42 Å². The van der Waals surface area contributed by atoms with Crippen molar-refractivity contribution in [3.8, 4) is 5.75 Å². The highest BCUT2D eigenvalue weighted by molar-refractivity contribution is 7.99. The normalized spacial score (nSPS) is 10.6. The van der Waals surface area contributed by atoms with Gasteiger partial charge >= 0.3 is 5.97 Å². The van der Waals surface area contributed by atoms with Crippen LogP contribution in [0, 0.1) is 0 Å². The molecule has 0 bridgehead atoms. The molecule has 2 aromatic rings. The zero-order valence-electron chi connectivity index (χ0n) is 12.1. The third kappa shape index (κ3) is 4.42. The van der Waals surface area contributed by atoms with Crippen LogP contribution in [0.15, 0.2) is 28.9 Å². The fourth-order valence-electron chi connectivity index (χ4n) is 1.98. The number of methoxy groups -OCH3 is 1. The molecule has 6 nitrogen and oxygen atoms in total. The number of benzene rings is 1. The smallest absolute Gasteiger partial charge is 0.313 e. The van der Waals surface area contributed by atoms with E-state index in [1.807, 2.05) is 12.1 Å². The molecule has 0 atom stereocenters. The Labute approximate surface area is 131 Å². The molecule has 1 aromatic carbocycles. The average molecular weight is 323 g/mol. The highest BCUT2D eigenvalue weighted by Gasteiger charge is 2.11. The molecule has 7 heteroatoms. The largest absolute Gasteiger partial charge is 0.497 e. The number of carboxylic acids is 1. The number of nitrogens with one attached hydrogen (secondary N) is 1. The van der Waals surface area contributed by atoms with E-state index in [1.165, 1.54) is 11.8 Å². The third-order valence-corrected chi connectivity index (χ3v) is 3.95. The molecule has 2 N–H and O–H groups in total. The molecular weight excluding hydrogens is 306 g/mol. The van der Waals surface area contributed by atoms with Gasteiger partial charge in [0.1, 0.15) is 11.3 Å². The van der Waals surface area contributed by atoms with E-state index in [1.54, 1.807) is 19.4 Å². The van der Waals surface area contributed by atoms with E-state index in [0.29, 0.717) is 23.6 Å². The number of rotatable bonds is 8. The number of ether oxygens (including phenoxy) is 1. The zero-order valence-corrected chi connectivity index (χ0v) is 12.9. The second-order valence-electron chi connectivity index (χ2n) is 4.60. The van der Waals surface area contributed by atoms with Crippen LogP contribution in [-0.4, -0.2) is 42.1 Å². The van der Waals surface area contributed by atoms with E-state index in [2.05, 4.69) is 5.32 Å². The van der Waals surface area contributed by atoms with Gasteiger partial charge in [-0.2, -0.15) is 0 Å². The molecule has 0 aliphatic rings. The summed E-state index contributed by atoms with van der Waals surface area (Å²) in [6.07, 6.45) is 1.80. The van der Waals surface area contributed by atoms with Gasteiger partial charge in [0.05, 0.1) is 25.5 Å². The quantitative estimate of drug-likeness (QED) is 0.722. The van der Waals surface area contributed by atoms with E-state index in [9.17, 15) is 9.59 Å². The summed E-state index contributed by atoms with van der Waals surface area (Å²) in [7, 11) is 1.58. The summed E-state index contributed by atoms with van der Waals surface area (Å²) >= 11 is 1.27. The van der Waals surface area contributed by atoms with Crippen LogP contribution in [0.5, 0.6) is 5.75 Å². The predicted molar refractivity (Wildman–Crippen MR) is 84.4 cm³/mol. The van der Waals surface area contributed by atoms with E-state index in [0.717, 1.165) is 10.9 Å². The summed E-state index contributed by atoms with van der Waals surface area (Å²) in [6.45, 7) is 0.445. The van der Waals surface area contributed by atoms with Gasteiger partial charge in [-0.25, -0.2) is 0 Å². The Morgan fingerprint density at radius 2 is 2.23 bits per heavy atom. The maximum Gasteiger partial charge on any atom is 0.313 e. The number of aliphatic carboxylic acids is 1. The second-order valence-corrected chi connectivity index (χ2v) is 5.70. The van der Waals surface area contributed by atoms with Gasteiger partial charge in [-0.05, 0) is 12.1 Å². The van der Waals surface area contributed by atoms with Crippen LogP contribution in [0.25, 0.3) is 11.0 Å². The van der Waals surface area contributed by atoms with Crippen molar-refractivity contribution >= 4 is 34.6 Å². The molecule has 0 aliphatic carbocycles. The molecule has 1 heterocycles. The third-order valence-electron chi connectivity index (χ3n) is 3.01. The molecule has 118 valence electrons. The van der Waals surface area contributed by atoms with Gasteiger partial charge < -0.3 is 19.6 Å². The average Bonchev–Trinajstić information content (AvgIpc) is 2.88. The lowest BCUT2D eigenvalue weighted by atomic mass is 10.1. The molecule has 22 heavy (non-hydrogen) atoms. The van der Waals surface area contributed by atoms with Crippen LogP contribution in [0.1, 0.15) is 5.56 Å². The number of amides is 1. The summed E-state index contributed by atoms with van der Waals surface area (Å²) < 4.78 is 10.6. The van der Waals surface area contributed by atoms with Crippen LogP contribution in [0.4, 0.5) is 0 Å². The first kappa shape index (κ1) is 16.2. The maximum atomic E-state index is 11.9. The predicted octanol–water partition coefficient (Wildman–Crippen LogP) is 1.92. The Bertz CT molecular complexity index is 667. The van der Waals surface area contributed by atoms with Gasteiger partial charge in [-0.1, -0.05) is 0 Å². The Morgan fingerprint density at radius 1 is 1.41 bits per heavy atom. The van der Waals surface area contributed by atoms with Gasteiger partial charge in [-0.15, -0.1) is 11.8 Å². The second kappa shape index (κ2) is 7.74. The van der Waals surface area contributed by atoms with Crippen molar-refractivity contribution in [1.82, 2.24) is 5.32 Å². The Morgan fingerprint density at radius 3 is 2.95 bits per heavy atom. The number of fused-ring (bicyclic) bond motifs is 1. The van der Waals surface area contributed by atoms with Gasteiger partial charge in [0.25, 0.3) is 0 Å². The first-order valence-corrected chi connectivity index (χ1v) is 7.86. The van der Waals surface area contributed by atoms with Crippen LogP contribution < -0.4 is 10.1 Å². The number of carboxylic acid groups (broad SMARTS) is 1. The van der Waals surface area contributed by atoms with Crippen molar-refractivity contribution in [1.29, 1.82) is 0 Å². The first-order valence-electron chi connectivity index (χ1n) is 6.70. The summed E-state index contributed by atoms with van der Waals surface area (Å²) in [4.78, 5) is 22.2. The minimum absolute atomic E-state index is 0.0457. The molecule has 0 saturated heterocycles.